The molecule has 0 saturated carbocycles. The zero-order chi connectivity index (χ0) is 35.3. The second-order valence-corrected chi connectivity index (χ2v) is 14.2. The Balaban J connectivity index is 1.06. The van der Waals surface area contributed by atoms with Gasteiger partial charge in [-0.25, -0.2) is 9.97 Å². The highest BCUT2D eigenvalue weighted by Crippen LogP contribution is 2.43. The summed E-state index contributed by atoms with van der Waals surface area (Å²) in [6, 6.07) is 65.3. The molecule has 4 heterocycles. The first kappa shape index (κ1) is 29.3. The summed E-state index contributed by atoms with van der Waals surface area (Å²) in [7, 11) is 0. The Kier molecular flexibility index (Phi) is 6.02. The topological polar surface area (TPSA) is 35.1 Å². The summed E-state index contributed by atoms with van der Waals surface area (Å²) in [5.74, 6) is 0.661. The number of para-hydroxylation sites is 4. The van der Waals surface area contributed by atoms with Crippen LogP contribution in [0.4, 0.5) is 0 Å². The lowest BCUT2D eigenvalue weighted by molar-refractivity contribution is 1.01. The normalized spacial score (nSPS) is 12.1. The SMILES string of the molecule is c1ccc(-c2ccc(-c3nc(-n4c5ccccc5c5cc(-c6cc7c8ccccc8n8c9ccccc9c(c6)c78)ccc54)nc4ccccc34)cc2)cc1. The molecule has 0 aliphatic carbocycles. The molecule has 0 atom stereocenters. The van der Waals surface area contributed by atoms with Crippen molar-refractivity contribution in [2.45, 2.75) is 0 Å². The van der Waals surface area contributed by atoms with E-state index in [1.165, 1.54) is 71.1 Å². The van der Waals surface area contributed by atoms with Gasteiger partial charge in [0, 0.05) is 43.3 Å². The van der Waals surface area contributed by atoms with Gasteiger partial charge in [0.2, 0.25) is 5.95 Å². The molecule has 12 rings (SSSR count). The Morgan fingerprint density at radius 3 is 1.52 bits per heavy atom. The fourth-order valence-corrected chi connectivity index (χ4v) is 8.82. The average Bonchev–Trinajstić information content (AvgIpc) is 3.88. The lowest BCUT2D eigenvalue weighted by Crippen LogP contribution is -2.03. The third-order valence-corrected chi connectivity index (χ3v) is 11.3. The molecular formula is C50H30N4. The minimum Gasteiger partial charge on any atom is -0.308 e. The Morgan fingerprint density at radius 2 is 0.815 bits per heavy atom. The van der Waals surface area contributed by atoms with Crippen molar-refractivity contribution in [2.75, 3.05) is 0 Å². The summed E-state index contributed by atoms with van der Waals surface area (Å²) in [5, 5.41) is 8.50. The van der Waals surface area contributed by atoms with Crippen LogP contribution in [0, 0.1) is 0 Å². The summed E-state index contributed by atoms with van der Waals surface area (Å²) in [4.78, 5) is 10.6. The van der Waals surface area contributed by atoms with Gasteiger partial charge in [-0.1, -0.05) is 133 Å². The van der Waals surface area contributed by atoms with Gasteiger partial charge in [-0.3, -0.25) is 4.57 Å². The molecule has 0 bridgehead atoms. The predicted molar refractivity (Wildman–Crippen MR) is 225 cm³/mol. The molecule has 0 spiro atoms. The van der Waals surface area contributed by atoms with Crippen molar-refractivity contribution in [3.05, 3.63) is 182 Å². The number of benzene rings is 8. The van der Waals surface area contributed by atoms with Crippen LogP contribution in [0.3, 0.4) is 0 Å². The fraction of sp³-hybridized carbons (Fsp3) is 0. The second kappa shape index (κ2) is 11.1. The van der Waals surface area contributed by atoms with Gasteiger partial charge in [-0.2, -0.15) is 0 Å². The molecule has 0 aliphatic rings. The largest absolute Gasteiger partial charge is 0.308 e. The lowest BCUT2D eigenvalue weighted by atomic mass is 9.98. The van der Waals surface area contributed by atoms with Gasteiger partial charge in [-0.05, 0) is 70.8 Å². The van der Waals surface area contributed by atoms with E-state index >= 15 is 0 Å². The third-order valence-electron chi connectivity index (χ3n) is 11.3. The van der Waals surface area contributed by atoms with E-state index in [2.05, 4.69) is 191 Å². The van der Waals surface area contributed by atoms with Crippen molar-refractivity contribution in [1.29, 1.82) is 0 Å². The number of fused-ring (bicyclic) bond motifs is 10. The standard InChI is InChI=1S/C50H30N4/c1-2-12-31(13-3-1)32-22-24-33(25-23-32)48-39-17-4-8-18-43(39)51-50(52-48)54-46-21-11-5-14-36(46)40-28-34(26-27-47(40)54)35-29-41-37-15-6-9-19-44(37)53-45-20-10-7-16-38(45)42(30-35)49(41)53/h1-30H. The van der Waals surface area contributed by atoms with Crippen LogP contribution < -0.4 is 0 Å². The average molecular weight is 687 g/mol. The molecule has 0 fully saturated rings. The van der Waals surface area contributed by atoms with Crippen molar-refractivity contribution >= 4 is 70.8 Å². The molecule has 54 heavy (non-hydrogen) atoms. The van der Waals surface area contributed by atoms with Gasteiger partial charge in [0.1, 0.15) is 0 Å². The van der Waals surface area contributed by atoms with Crippen molar-refractivity contribution in [2.24, 2.45) is 0 Å². The van der Waals surface area contributed by atoms with Gasteiger partial charge in [0.25, 0.3) is 0 Å². The quantitative estimate of drug-likeness (QED) is 0.185. The number of hydrogen-bond acceptors (Lipinski definition) is 2. The number of nitrogens with zero attached hydrogens (tertiary/aromatic N) is 4. The van der Waals surface area contributed by atoms with Gasteiger partial charge in [0.05, 0.1) is 38.8 Å². The van der Waals surface area contributed by atoms with E-state index in [0.29, 0.717) is 5.95 Å². The van der Waals surface area contributed by atoms with Crippen LogP contribution in [0.1, 0.15) is 0 Å². The molecule has 0 N–H and O–H groups in total. The van der Waals surface area contributed by atoms with Crippen molar-refractivity contribution in [3.8, 4) is 39.5 Å². The van der Waals surface area contributed by atoms with E-state index in [4.69, 9.17) is 9.97 Å². The smallest absolute Gasteiger partial charge is 0.235 e. The highest BCUT2D eigenvalue weighted by Gasteiger charge is 2.21. The molecule has 250 valence electrons. The third kappa shape index (κ3) is 4.13. The van der Waals surface area contributed by atoms with Gasteiger partial charge in [0.15, 0.2) is 0 Å². The van der Waals surface area contributed by atoms with E-state index in [-0.39, 0.29) is 0 Å². The Bertz CT molecular complexity index is 3340. The maximum Gasteiger partial charge on any atom is 0.235 e. The van der Waals surface area contributed by atoms with Crippen LogP contribution in [0.25, 0.3) is 110 Å². The number of rotatable bonds is 4. The maximum atomic E-state index is 5.35. The van der Waals surface area contributed by atoms with Crippen LogP contribution in [0.15, 0.2) is 182 Å². The Hall–Kier alpha value is -7.30. The highest BCUT2D eigenvalue weighted by atomic mass is 15.2. The molecule has 0 saturated heterocycles. The minimum atomic E-state index is 0.661. The minimum absolute atomic E-state index is 0.661. The molecule has 0 aliphatic heterocycles. The summed E-state index contributed by atoms with van der Waals surface area (Å²) >= 11 is 0. The number of hydrogen-bond donors (Lipinski definition) is 0. The fourth-order valence-electron chi connectivity index (χ4n) is 8.82. The molecule has 8 aromatic carbocycles. The predicted octanol–water partition coefficient (Wildman–Crippen LogP) is 12.9. The Labute approximate surface area is 310 Å². The molecule has 4 nitrogen and oxygen atoms in total. The zero-order valence-corrected chi connectivity index (χ0v) is 29.1. The van der Waals surface area contributed by atoms with Crippen LogP contribution in [0.5, 0.6) is 0 Å². The first-order chi connectivity index (χ1) is 26.8. The van der Waals surface area contributed by atoms with Crippen LogP contribution in [-0.4, -0.2) is 18.9 Å². The molecule has 0 radical (unpaired) electrons. The van der Waals surface area contributed by atoms with Crippen LogP contribution in [0.2, 0.25) is 0 Å². The Morgan fingerprint density at radius 1 is 0.315 bits per heavy atom. The van der Waals surface area contributed by atoms with Gasteiger partial charge >= 0.3 is 0 Å². The lowest BCUT2D eigenvalue weighted by Gasteiger charge is -2.12. The van der Waals surface area contributed by atoms with Gasteiger partial charge in [-0.15, -0.1) is 0 Å². The molecule has 4 aromatic heterocycles. The van der Waals surface area contributed by atoms with E-state index in [0.717, 1.165) is 33.2 Å². The van der Waals surface area contributed by atoms with Crippen molar-refractivity contribution in [3.63, 3.8) is 0 Å². The molecule has 12 aromatic rings. The summed E-state index contributed by atoms with van der Waals surface area (Å²) < 4.78 is 4.67. The first-order valence-electron chi connectivity index (χ1n) is 18.4. The van der Waals surface area contributed by atoms with Gasteiger partial charge < -0.3 is 4.40 Å². The van der Waals surface area contributed by atoms with E-state index in [9.17, 15) is 0 Å². The van der Waals surface area contributed by atoms with Crippen LogP contribution >= 0.6 is 0 Å². The summed E-state index contributed by atoms with van der Waals surface area (Å²) in [5.41, 5.74) is 13.6. The molecule has 4 heteroatoms. The van der Waals surface area contributed by atoms with E-state index in [1.54, 1.807) is 0 Å². The van der Waals surface area contributed by atoms with Crippen LogP contribution in [-0.2, 0) is 0 Å². The van der Waals surface area contributed by atoms with E-state index < -0.39 is 0 Å². The first-order valence-corrected chi connectivity index (χ1v) is 18.4. The van der Waals surface area contributed by atoms with Crippen molar-refractivity contribution in [1.82, 2.24) is 18.9 Å². The zero-order valence-electron chi connectivity index (χ0n) is 29.1. The summed E-state index contributed by atoms with van der Waals surface area (Å²) in [6.07, 6.45) is 0. The van der Waals surface area contributed by atoms with E-state index in [1.807, 2.05) is 0 Å². The molecular weight excluding hydrogens is 657 g/mol. The number of aromatic nitrogens is 4. The van der Waals surface area contributed by atoms with Crippen molar-refractivity contribution < 1.29 is 0 Å². The summed E-state index contributed by atoms with van der Waals surface area (Å²) in [6.45, 7) is 0. The second-order valence-electron chi connectivity index (χ2n) is 14.2. The molecule has 0 amide bonds. The maximum absolute atomic E-state index is 5.35. The monoisotopic (exact) mass is 686 g/mol. The highest BCUT2D eigenvalue weighted by molar-refractivity contribution is 6.24. The molecule has 0 unspecified atom stereocenters.